The molecule has 25 heavy (non-hydrogen) atoms. The van der Waals surface area contributed by atoms with Gasteiger partial charge in [0.05, 0.1) is 17.4 Å². The van der Waals surface area contributed by atoms with E-state index in [0.29, 0.717) is 24.1 Å². The Labute approximate surface area is 161 Å². The molecule has 5 nitrogen and oxygen atoms in total. The van der Waals surface area contributed by atoms with E-state index in [1.807, 2.05) is 9.80 Å². The van der Waals surface area contributed by atoms with Crippen molar-refractivity contribution in [2.75, 3.05) is 32.7 Å². The molecule has 2 amide bonds. The minimum absolute atomic E-state index is 0. The molecule has 1 unspecified atom stereocenters. The van der Waals surface area contributed by atoms with Gasteiger partial charge in [-0.05, 0) is 46.5 Å². The summed E-state index contributed by atoms with van der Waals surface area (Å²) < 4.78 is 13.7. The Hall–Kier alpha value is -1.18. The minimum Gasteiger partial charge on any atom is -0.340 e. The first-order valence-corrected chi connectivity index (χ1v) is 9.06. The van der Waals surface area contributed by atoms with E-state index in [9.17, 15) is 14.0 Å². The molecule has 8 heteroatoms. The number of carbonyl (C=O) groups excluding carboxylic acids is 2. The minimum atomic E-state index is -0.332. The van der Waals surface area contributed by atoms with Crippen LogP contribution in [-0.2, 0) is 16.0 Å². The molecule has 138 valence electrons. The number of hydrogen-bond donors (Lipinski definition) is 1. The number of rotatable bonds is 3. The van der Waals surface area contributed by atoms with E-state index in [0.717, 1.165) is 31.5 Å². The molecule has 2 saturated heterocycles. The van der Waals surface area contributed by atoms with Crippen LogP contribution in [0.4, 0.5) is 4.39 Å². The third kappa shape index (κ3) is 4.92. The van der Waals surface area contributed by atoms with Gasteiger partial charge in [0, 0.05) is 32.2 Å². The lowest BCUT2D eigenvalue weighted by Gasteiger charge is -2.41. The van der Waals surface area contributed by atoms with Crippen LogP contribution < -0.4 is 5.32 Å². The summed E-state index contributed by atoms with van der Waals surface area (Å²) in [5.74, 6) is -0.190. The lowest BCUT2D eigenvalue weighted by molar-refractivity contribution is -0.140. The van der Waals surface area contributed by atoms with Crippen molar-refractivity contribution in [3.05, 3.63) is 34.1 Å². The predicted molar refractivity (Wildman–Crippen MR) is 99.2 cm³/mol. The fraction of sp³-hybridized carbons (Fsp3) is 0.529. The third-order valence-electron chi connectivity index (χ3n) is 4.66. The second-order valence-corrected chi connectivity index (χ2v) is 7.18. The van der Waals surface area contributed by atoms with Gasteiger partial charge in [0.1, 0.15) is 5.82 Å². The molecule has 2 fully saturated rings. The molecule has 1 N–H and O–H groups in total. The highest BCUT2D eigenvalue weighted by atomic mass is 79.9. The second kappa shape index (κ2) is 8.96. The van der Waals surface area contributed by atoms with Gasteiger partial charge >= 0.3 is 0 Å². The van der Waals surface area contributed by atoms with E-state index in [2.05, 4.69) is 21.2 Å². The number of hydrogen-bond acceptors (Lipinski definition) is 3. The standard InChI is InChI=1S/C17H21BrFN3O2.ClH/c18-14-8-12(3-4-15(14)19)9-16(23)21-6-1-2-13(11-21)22-7-5-20-10-17(22)24;/h3-4,8,13,20H,1-2,5-7,9-11H2;1H. The lowest BCUT2D eigenvalue weighted by Crippen LogP contribution is -2.57. The number of nitrogens with one attached hydrogen (secondary N) is 1. The molecule has 0 saturated carbocycles. The molecular formula is C17H22BrClFN3O2. The molecule has 0 aliphatic carbocycles. The van der Waals surface area contributed by atoms with Crippen molar-refractivity contribution in [3.63, 3.8) is 0 Å². The van der Waals surface area contributed by atoms with E-state index in [1.165, 1.54) is 6.07 Å². The maximum atomic E-state index is 13.3. The predicted octanol–water partition coefficient (Wildman–Crippen LogP) is 1.98. The summed E-state index contributed by atoms with van der Waals surface area (Å²) in [6.07, 6.45) is 2.10. The number of piperazine rings is 1. The molecule has 0 bridgehead atoms. The Morgan fingerprint density at radius 2 is 2.16 bits per heavy atom. The molecule has 1 aromatic rings. The summed E-state index contributed by atoms with van der Waals surface area (Å²) in [7, 11) is 0. The first kappa shape index (κ1) is 20.1. The first-order chi connectivity index (χ1) is 11.5. The summed E-state index contributed by atoms with van der Waals surface area (Å²) in [4.78, 5) is 28.4. The number of halogens is 3. The Balaban J connectivity index is 0.00000225. The highest BCUT2D eigenvalue weighted by molar-refractivity contribution is 9.10. The van der Waals surface area contributed by atoms with E-state index < -0.39 is 0 Å². The van der Waals surface area contributed by atoms with Crippen LogP contribution in [0.25, 0.3) is 0 Å². The SMILES string of the molecule is Cl.O=C(Cc1ccc(F)c(Br)c1)N1CCCC(N2CCNCC2=O)C1. The van der Waals surface area contributed by atoms with Crippen LogP contribution in [0, 0.1) is 5.82 Å². The summed E-state index contributed by atoms with van der Waals surface area (Å²) in [5, 5.41) is 3.07. The van der Waals surface area contributed by atoms with Gasteiger partial charge in [-0.15, -0.1) is 12.4 Å². The van der Waals surface area contributed by atoms with Crippen LogP contribution >= 0.6 is 28.3 Å². The van der Waals surface area contributed by atoms with Gasteiger partial charge in [-0.3, -0.25) is 9.59 Å². The molecule has 2 heterocycles. The number of benzene rings is 1. The summed E-state index contributed by atoms with van der Waals surface area (Å²) >= 11 is 3.15. The molecule has 3 rings (SSSR count). The van der Waals surface area contributed by atoms with Crippen LogP contribution in [0.15, 0.2) is 22.7 Å². The fourth-order valence-corrected chi connectivity index (χ4v) is 3.81. The summed E-state index contributed by atoms with van der Waals surface area (Å²) in [6, 6.07) is 4.76. The molecule has 1 aromatic carbocycles. The van der Waals surface area contributed by atoms with Gasteiger partial charge in [-0.1, -0.05) is 6.07 Å². The number of carbonyl (C=O) groups is 2. The summed E-state index contributed by atoms with van der Waals surface area (Å²) in [6.45, 7) is 3.20. The second-order valence-electron chi connectivity index (χ2n) is 6.32. The largest absolute Gasteiger partial charge is 0.340 e. The molecule has 2 aliphatic rings. The number of piperidine rings is 1. The molecule has 0 spiro atoms. The van der Waals surface area contributed by atoms with Gasteiger partial charge in [0.15, 0.2) is 0 Å². The van der Waals surface area contributed by atoms with Gasteiger partial charge in [0.2, 0.25) is 11.8 Å². The Morgan fingerprint density at radius 1 is 1.36 bits per heavy atom. The van der Waals surface area contributed by atoms with E-state index >= 15 is 0 Å². The molecule has 1 atom stereocenters. The lowest BCUT2D eigenvalue weighted by atomic mass is 10.0. The highest BCUT2D eigenvalue weighted by Gasteiger charge is 2.31. The van der Waals surface area contributed by atoms with Gasteiger partial charge < -0.3 is 15.1 Å². The van der Waals surface area contributed by atoms with Crippen LogP contribution in [0.3, 0.4) is 0 Å². The van der Waals surface area contributed by atoms with Crippen molar-refractivity contribution in [3.8, 4) is 0 Å². The molecule has 2 aliphatic heterocycles. The van der Waals surface area contributed by atoms with E-state index in [-0.39, 0.29) is 42.5 Å². The van der Waals surface area contributed by atoms with Gasteiger partial charge in [-0.25, -0.2) is 4.39 Å². The smallest absolute Gasteiger partial charge is 0.236 e. The third-order valence-corrected chi connectivity index (χ3v) is 5.26. The zero-order chi connectivity index (χ0) is 17.1. The van der Waals surface area contributed by atoms with Crippen LogP contribution in [-0.4, -0.2) is 60.4 Å². The topological polar surface area (TPSA) is 52.7 Å². The molecule has 0 aromatic heterocycles. The number of amides is 2. The normalized spacial score (nSPS) is 21.0. The Bertz CT molecular complexity index is 646. The highest BCUT2D eigenvalue weighted by Crippen LogP contribution is 2.20. The summed E-state index contributed by atoms with van der Waals surface area (Å²) in [5.41, 5.74) is 0.786. The molecule has 0 radical (unpaired) electrons. The maximum absolute atomic E-state index is 13.3. The average molecular weight is 435 g/mol. The number of likely N-dealkylation sites (tertiary alicyclic amines) is 1. The zero-order valence-corrected chi connectivity index (χ0v) is 16.2. The van der Waals surface area contributed by atoms with Crippen molar-refractivity contribution in [2.24, 2.45) is 0 Å². The zero-order valence-electron chi connectivity index (χ0n) is 13.8. The van der Waals surface area contributed by atoms with Crippen molar-refractivity contribution in [1.29, 1.82) is 0 Å². The Morgan fingerprint density at radius 3 is 2.88 bits per heavy atom. The monoisotopic (exact) mass is 433 g/mol. The van der Waals surface area contributed by atoms with E-state index in [4.69, 9.17) is 0 Å². The maximum Gasteiger partial charge on any atom is 0.236 e. The van der Waals surface area contributed by atoms with Crippen LogP contribution in [0.1, 0.15) is 18.4 Å². The van der Waals surface area contributed by atoms with Crippen molar-refractivity contribution < 1.29 is 14.0 Å². The van der Waals surface area contributed by atoms with Crippen LogP contribution in [0.5, 0.6) is 0 Å². The molecular weight excluding hydrogens is 413 g/mol. The van der Waals surface area contributed by atoms with Gasteiger partial charge in [0.25, 0.3) is 0 Å². The van der Waals surface area contributed by atoms with Crippen LogP contribution in [0.2, 0.25) is 0 Å². The van der Waals surface area contributed by atoms with Crippen molar-refractivity contribution in [1.82, 2.24) is 15.1 Å². The van der Waals surface area contributed by atoms with Gasteiger partial charge in [-0.2, -0.15) is 0 Å². The first-order valence-electron chi connectivity index (χ1n) is 8.26. The van der Waals surface area contributed by atoms with Crippen molar-refractivity contribution in [2.45, 2.75) is 25.3 Å². The van der Waals surface area contributed by atoms with Crippen molar-refractivity contribution >= 4 is 40.2 Å². The van der Waals surface area contributed by atoms with E-state index in [1.54, 1.807) is 12.1 Å². The quantitative estimate of drug-likeness (QED) is 0.791. The Kier molecular flexibility index (Phi) is 7.22. The number of nitrogens with zero attached hydrogens (tertiary/aromatic N) is 2. The average Bonchev–Trinajstić information content (AvgIpc) is 2.59. The fourth-order valence-electron chi connectivity index (χ4n) is 3.38.